The van der Waals surface area contributed by atoms with E-state index in [0.717, 1.165) is 24.9 Å². The summed E-state index contributed by atoms with van der Waals surface area (Å²) in [5.74, 6) is 1.82. The van der Waals surface area contributed by atoms with Crippen molar-refractivity contribution in [2.24, 2.45) is 18.9 Å². The summed E-state index contributed by atoms with van der Waals surface area (Å²) in [5.41, 5.74) is 1.29. The largest absolute Gasteiger partial charge is 0.315 e. The van der Waals surface area contributed by atoms with Gasteiger partial charge in [0.05, 0.1) is 6.20 Å². The van der Waals surface area contributed by atoms with Crippen LogP contribution in [0.4, 0.5) is 0 Å². The number of hydrogen-bond donors (Lipinski definition) is 1. The predicted octanol–water partition coefficient (Wildman–Crippen LogP) is 2.44. The van der Waals surface area contributed by atoms with E-state index in [1.54, 1.807) is 0 Å². The second kappa shape index (κ2) is 7.23. The lowest BCUT2D eigenvalue weighted by atomic mass is 9.83. The third-order valence-electron chi connectivity index (χ3n) is 4.64. The SMILES string of the molecule is CC1CCC(CNC[C@@H](c2cnn(C)c2)N(C)C)CC1. The molecule has 0 radical (unpaired) electrons. The van der Waals surface area contributed by atoms with Crippen LogP contribution in [0.15, 0.2) is 12.4 Å². The van der Waals surface area contributed by atoms with E-state index in [-0.39, 0.29) is 0 Å². The van der Waals surface area contributed by atoms with Gasteiger partial charge >= 0.3 is 0 Å². The molecule has 1 saturated carbocycles. The van der Waals surface area contributed by atoms with Crippen LogP contribution in [0.5, 0.6) is 0 Å². The molecule has 1 aliphatic carbocycles. The molecule has 0 spiro atoms. The van der Waals surface area contributed by atoms with Gasteiger partial charge in [-0.1, -0.05) is 19.8 Å². The number of aromatic nitrogens is 2. The summed E-state index contributed by atoms with van der Waals surface area (Å²) in [6.45, 7) is 4.55. The van der Waals surface area contributed by atoms with Gasteiger partial charge in [-0.25, -0.2) is 0 Å². The molecule has 1 fully saturated rings. The highest BCUT2D eigenvalue weighted by atomic mass is 15.2. The van der Waals surface area contributed by atoms with Gasteiger partial charge in [0, 0.05) is 31.4 Å². The maximum Gasteiger partial charge on any atom is 0.0538 e. The molecular formula is C16H30N4. The Morgan fingerprint density at radius 3 is 2.60 bits per heavy atom. The van der Waals surface area contributed by atoms with Gasteiger partial charge in [-0.2, -0.15) is 5.10 Å². The van der Waals surface area contributed by atoms with Gasteiger partial charge < -0.3 is 10.2 Å². The Morgan fingerprint density at radius 2 is 2.05 bits per heavy atom. The fourth-order valence-corrected chi connectivity index (χ4v) is 3.17. The Labute approximate surface area is 123 Å². The molecule has 0 saturated heterocycles. The number of aryl methyl sites for hydroxylation is 1. The molecule has 114 valence electrons. The van der Waals surface area contributed by atoms with Crippen LogP contribution in [0.1, 0.15) is 44.2 Å². The van der Waals surface area contributed by atoms with Crippen molar-refractivity contribution in [3.63, 3.8) is 0 Å². The van der Waals surface area contributed by atoms with Crippen LogP contribution in [-0.4, -0.2) is 41.9 Å². The minimum absolute atomic E-state index is 0.409. The van der Waals surface area contributed by atoms with Crippen molar-refractivity contribution in [3.05, 3.63) is 18.0 Å². The van der Waals surface area contributed by atoms with E-state index in [9.17, 15) is 0 Å². The van der Waals surface area contributed by atoms with Crippen molar-refractivity contribution >= 4 is 0 Å². The summed E-state index contributed by atoms with van der Waals surface area (Å²) in [7, 11) is 6.26. The highest BCUT2D eigenvalue weighted by Crippen LogP contribution is 2.27. The van der Waals surface area contributed by atoms with E-state index in [1.165, 1.54) is 31.2 Å². The van der Waals surface area contributed by atoms with Gasteiger partial charge in [0.2, 0.25) is 0 Å². The first kappa shape index (κ1) is 15.5. The van der Waals surface area contributed by atoms with Gasteiger partial charge in [-0.15, -0.1) is 0 Å². The second-order valence-corrected chi connectivity index (χ2v) is 6.71. The first-order valence-corrected chi connectivity index (χ1v) is 7.92. The molecule has 0 amide bonds. The van der Waals surface area contributed by atoms with Gasteiger partial charge in [0.15, 0.2) is 0 Å². The molecule has 1 heterocycles. The van der Waals surface area contributed by atoms with Gasteiger partial charge in [-0.3, -0.25) is 4.68 Å². The Kier molecular flexibility index (Phi) is 5.61. The maximum absolute atomic E-state index is 4.29. The molecule has 4 heteroatoms. The molecule has 0 aliphatic heterocycles. The van der Waals surface area contributed by atoms with Crippen LogP contribution in [0.3, 0.4) is 0 Å². The highest BCUT2D eigenvalue weighted by molar-refractivity contribution is 5.10. The fourth-order valence-electron chi connectivity index (χ4n) is 3.17. The molecule has 1 atom stereocenters. The summed E-state index contributed by atoms with van der Waals surface area (Å²) in [5, 5.41) is 7.97. The highest BCUT2D eigenvalue weighted by Gasteiger charge is 2.19. The minimum atomic E-state index is 0.409. The summed E-state index contributed by atoms with van der Waals surface area (Å²) in [4.78, 5) is 2.27. The van der Waals surface area contributed by atoms with E-state index in [1.807, 2.05) is 17.9 Å². The van der Waals surface area contributed by atoms with Crippen molar-refractivity contribution in [1.82, 2.24) is 20.0 Å². The predicted molar refractivity (Wildman–Crippen MR) is 83.6 cm³/mol. The molecule has 1 N–H and O–H groups in total. The first-order valence-electron chi connectivity index (χ1n) is 7.92. The van der Waals surface area contributed by atoms with E-state index >= 15 is 0 Å². The normalized spacial score (nSPS) is 25.1. The van der Waals surface area contributed by atoms with Crippen LogP contribution >= 0.6 is 0 Å². The van der Waals surface area contributed by atoms with Gasteiger partial charge in [0.1, 0.15) is 0 Å². The third kappa shape index (κ3) is 4.32. The zero-order chi connectivity index (χ0) is 14.5. The topological polar surface area (TPSA) is 33.1 Å². The minimum Gasteiger partial charge on any atom is -0.315 e. The van der Waals surface area contributed by atoms with Crippen molar-refractivity contribution < 1.29 is 0 Å². The molecule has 1 aromatic rings. The molecule has 2 rings (SSSR count). The van der Waals surface area contributed by atoms with Crippen LogP contribution in [0.25, 0.3) is 0 Å². The number of likely N-dealkylation sites (N-methyl/N-ethyl adjacent to an activating group) is 1. The summed E-state index contributed by atoms with van der Waals surface area (Å²) < 4.78 is 1.88. The summed E-state index contributed by atoms with van der Waals surface area (Å²) >= 11 is 0. The lowest BCUT2D eigenvalue weighted by Gasteiger charge is -2.28. The van der Waals surface area contributed by atoms with Crippen molar-refractivity contribution in [3.8, 4) is 0 Å². The van der Waals surface area contributed by atoms with E-state index in [4.69, 9.17) is 0 Å². The lowest BCUT2D eigenvalue weighted by molar-refractivity contribution is 0.256. The lowest BCUT2D eigenvalue weighted by Crippen LogP contribution is -2.34. The number of rotatable bonds is 6. The zero-order valence-corrected chi connectivity index (χ0v) is 13.5. The molecule has 0 aromatic carbocycles. The van der Waals surface area contributed by atoms with Crippen molar-refractivity contribution in [2.75, 3.05) is 27.2 Å². The van der Waals surface area contributed by atoms with Gasteiger partial charge in [0.25, 0.3) is 0 Å². The Morgan fingerprint density at radius 1 is 1.35 bits per heavy atom. The monoisotopic (exact) mass is 278 g/mol. The smallest absolute Gasteiger partial charge is 0.0538 e. The molecule has 0 bridgehead atoms. The van der Waals surface area contributed by atoms with E-state index in [2.05, 4.69) is 42.5 Å². The van der Waals surface area contributed by atoms with E-state index < -0.39 is 0 Å². The van der Waals surface area contributed by atoms with Crippen LogP contribution in [-0.2, 0) is 7.05 Å². The van der Waals surface area contributed by atoms with Crippen molar-refractivity contribution in [1.29, 1.82) is 0 Å². The standard InChI is InChI=1S/C16H30N4/c1-13-5-7-14(8-6-13)9-17-11-16(19(2)3)15-10-18-20(4)12-15/h10,12-14,16-17H,5-9,11H2,1-4H3/t13?,14?,16-/m0/s1. The fraction of sp³-hybridized carbons (Fsp3) is 0.812. The molecule has 20 heavy (non-hydrogen) atoms. The summed E-state index contributed by atoms with van der Waals surface area (Å²) in [6, 6.07) is 0.409. The number of hydrogen-bond acceptors (Lipinski definition) is 3. The molecule has 0 unspecified atom stereocenters. The first-order chi connectivity index (χ1) is 9.56. The Bertz CT molecular complexity index is 391. The number of nitrogens with zero attached hydrogens (tertiary/aromatic N) is 3. The summed E-state index contributed by atoms with van der Waals surface area (Å²) in [6.07, 6.45) is 9.71. The molecule has 1 aliphatic rings. The van der Waals surface area contributed by atoms with Crippen LogP contribution in [0, 0.1) is 11.8 Å². The molecule has 4 nitrogen and oxygen atoms in total. The van der Waals surface area contributed by atoms with Gasteiger partial charge in [-0.05, 0) is 45.3 Å². The molecular weight excluding hydrogens is 248 g/mol. The average Bonchev–Trinajstić information content (AvgIpc) is 2.82. The second-order valence-electron chi connectivity index (χ2n) is 6.71. The Hall–Kier alpha value is -0.870. The van der Waals surface area contributed by atoms with Crippen LogP contribution < -0.4 is 5.32 Å². The average molecular weight is 278 g/mol. The third-order valence-corrected chi connectivity index (χ3v) is 4.64. The van der Waals surface area contributed by atoms with E-state index in [0.29, 0.717) is 6.04 Å². The van der Waals surface area contributed by atoms with Crippen LogP contribution in [0.2, 0.25) is 0 Å². The number of nitrogens with one attached hydrogen (secondary N) is 1. The Balaban J connectivity index is 1.78. The quantitative estimate of drug-likeness (QED) is 0.867. The molecule has 1 aromatic heterocycles. The maximum atomic E-state index is 4.29. The zero-order valence-electron chi connectivity index (χ0n) is 13.5. The van der Waals surface area contributed by atoms with Crippen molar-refractivity contribution in [2.45, 2.75) is 38.6 Å².